The van der Waals surface area contributed by atoms with Gasteiger partial charge in [-0.1, -0.05) is 17.7 Å². The number of nitrogens with one attached hydrogen (secondary N) is 1. The van der Waals surface area contributed by atoms with Gasteiger partial charge in [-0.05, 0) is 50.3 Å². The number of carbonyl (C=O) groups is 1. The molecule has 0 aromatic carbocycles. The fraction of sp³-hybridized carbons (Fsp3) is 0.520. The second-order valence-electron chi connectivity index (χ2n) is 10.1. The molecule has 3 atom stereocenters. The first kappa shape index (κ1) is 22.7. The van der Waals surface area contributed by atoms with E-state index in [9.17, 15) is 4.79 Å². The molecular formula is C25H30ClN7O2. The quantitative estimate of drug-likeness (QED) is 0.571. The van der Waals surface area contributed by atoms with Crippen molar-refractivity contribution < 1.29 is 9.53 Å². The Bertz CT molecular complexity index is 1290. The molecule has 6 rings (SSSR count). The number of pyridine rings is 1. The molecule has 5 heterocycles. The van der Waals surface area contributed by atoms with E-state index in [1.54, 1.807) is 6.07 Å². The molecule has 0 saturated carbocycles. The lowest BCUT2D eigenvalue weighted by Crippen LogP contribution is -2.40. The zero-order valence-corrected chi connectivity index (χ0v) is 20.6. The molecule has 2 saturated heterocycles. The smallest absolute Gasteiger partial charge is 0.272 e. The molecule has 0 bridgehead atoms. The van der Waals surface area contributed by atoms with Crippen molar-refractivity contribution in [2.45, 2.75) is 51.2 Å². The molecule has 1 aliphatic carbocycles. The zero-order valence-electron chi connectivity index (χ0n) is 19.8. The Balaban J connectivity index is 1.13. The Kier molecular flexibility index (Phi) is 5.66. The largest absolute Gasteiger partial charge is 0.381 e. The number of fused-ring (bicyclic) bond motifs is 2. The lowest BCUT2D eigenvalue weighted by atomic mass is 9.83. The number of nitrogens with two attached hydrogens (primary N) is 1. The maximum absolute atomic E-state index is 12.9. The first-order valence-electron chi connectivity index (χ1n) is 12.4. The zero-order chi connectivity index (χ0) is 24.2. The maximum Gasteiger partial charge on any atom is 0.272 e. The number of rotatable bonds is 4. The minimum atomic E-state index is -0.229. The van der Waals surface area contributed by atoms with Crippen LogP contribution in [0.25, 0.3) is 11.0 Å². The van der Waals surface area contributed by atoms with Crippen LogP contribution in [0.4, 0.5) is 5.82 Å². The fourth-order valence-corrected chi connectivity index (χ4v) is 6.02. The van der Waals surface area contributed by atoms with Crippen LogP contribution in [0.1, 0.15) is 41.5 Å². The molecule has 2 aliphatic heterocycles. The number of aryl methyl sites for hydroxylation is 2. The number of amides is 1. The molecule has 1 spiro atoms. The Labute approximate surface area is 209 Å². The summed E-state index contributed by atoms with van der Waals surface area (Å²) in [5, 5.41) is 12.8. The average molecular weight is 496 g/mol. The van der Waals surface area contributed by atoms with Gasteiger partial charge in [-0.25, -0.2) is 4.98 Å². The van der Waals surface area contributed by atoms with Gasteiger partial charge in [-0.15, -0.1) is 10.2 Å². The van der Waals surface area contributed by atoms with Crippen LogP contribution in [0.5, 0.6) is 0 Å². The highest BCUT2D eigenvalue weighted by molar-refractivity contribution is 6.35. The first-order chi connectivity index (χ1) is 17.0. The topological polar surface area (TPSA) is 111 Å². The third kappa shape index (κ3) is 3.95. The molecule has 9 nitrogen and oxygen atoms in total. The number of halogens is 1. The van der Waals surface area contributed by atoms with Gasteiger partial charge in [0.1, 0.15) is 5.82 Å². The van der Waals surface area contributed by atoms with E-state index in [1.165, 1.54) is 5.56 Å². The molecule has 3 aromatic heterocycles. The SMILES string of the molecule is CCn1cc(Cl)c2cc(C(=O)NC3CCc4nc(N5CC(N)C6(CCOC6)C5)ccc4C3)nnc21. The van der Waals surface area contributed by atoms with E-state index in [1.807, 2.05) is 17.7 Å². The Morgan fingerprint density at radius 3 is 3.06 bits per heavy atom. The van der Waals surface area contributed by atoms with Gasteiger partial charge in [0.05, 0.1) is 11.6 Å². The third-order valence-electron chi connectivity index (χ3n) is 7.90. The van der Waals surface area contributed by atoms with Crippen LogP contribution in [0.3, 0.4) is 0 Å². The lowest BCUT2D eigenvalue weighted by molar-refractivity contribution is 0.0927. The van der Waals surface area contributed by atoms with Crippen LogP contribution in [0.2, 0.25) is 5.02 Å². The molecule has 1 amide bonds. The number of hydrogen-bond acceptors (Lipinski definition) is 7. The molecule has 35 heavy (non-hydrogen) atoms. The van der Waals surface area contributed by atoms with Crippen molar-refractivity contribution >= 4 is 34.4 Å². The van der Waals surface area contributed by atoms with Gasteiger partial charge in [0.25, 0.3) is 5.91 Å². The highest BCUT2D eigenvalue weighted by Gasteiger charge is 2.47. The number of aromatic nitrogens is 4. The summed E-state index contributed by atoms with van der Waals surface area (Å²) in [4.78, 5) is 20.2. The molecular weight excluding hydrogens is 466 g/mol. The second-order valence-corrected chi connectivity index (χ2v) is 10.5. The molecule has 0 radical (unpaired) electrons. The van der Waals surface area contributed by atoms with Crippen LogP contribution in [-0.4, -0.2) is 64.0 Å². The Morgan fingerprint density at radius 1 is 1.37 bits per heavy atom. The predicted octanol–water partition coefficient (Wildman–Crippen LogP) is 2.34. The summed E-state index contributed by atoms with van der Waals surface area (Å²) in [6.07, 6.45) is 5.23. The Morgan fingerprint density at radius 2 is 2.26 bits per heavy atom. The van der Waals surface area contributed by atoms with E-state index < -0.39 is 0 Å². The van der Waals surface area contributed by atoms with E-state index in [4.69, 9.17) is 27.1 Å². The van der Waals surface area contributed by atoms with Crippen LogP contribution in [0.15, 0.2) is 24.4 Å². The summed E-state index contributed by atoms with van der Waals surface area (Å²) < 4.78 is 7.58. The summed E-state index contributed by atoms with van der Waals surface area (Å²) in [5.41, 5.74) is 9.81. The Hall–Kier alpha value is -2.75. The van der Waals surface area contributed by atoms with Gasteiger partial charge in [0, 0.05) is 61.0 Å². The normalized spacial score (nSPS) is 26.0. The van der Waals surface area contributed by atoms with E-state index >= 15 is 0 Å². The van der Waals surface area contributed by atoms with Gasteiger partial charge in [-0.3, -0.25) is 4.79 Å². The fourth-order valence-electron chi connectivity index (χ4n) is 5.76. The third-order valence-corrected chi connectivity index (χ3v) is 8.20. The van der Waals surface area contributed by atoms with Crippen LogP contribution >= 0.6 is 11.6 Å². The van der Waals surface area contributed by atoms with Crippen LogP contribution < -0.4 is 16.0 Å². The maximum atomic E-state index is 12.9. The highest BCUT2D eigenvalue weighted by atomic mass is 35.5. The molecule has 2 fully saturated rings. The average Bonchev–Trinajstić information content (AvgIpc) is 3.57. The summed E-state index contributed by atoms with van der Waals surface area (Å²) in [6, 6.07) is 6.09. The first-order valence-corrected chi connectivity index (χ1v) is 12.7. The molecule has 184 valence electrons. The van der Waals surface area contributed by atoms with Crippen molar-refractivity contribution in [2.75, 3.05) is 31.2 Å². The van der Waals surface area contributed by atoms with Crippen molar-refractivity contribution in [1.82, 2.24) is 25.1 Å². The number of anilines is 1. The van der Waals surface area contributed by atoms with E-state index in [0.29, 0.717) is 10.7 Å². The van der Waals surface area contributed by atoms with Crippen LogP contribution in [-0.2, 0) is 24.1 Å². The monoisotopic (exact) mass is 495 g/mol. The minimum absolute atomic E-state index is 0.0231. The van der Waals surface area contributed by atoms with Crippen LogP contribution in [0, 0.1) is 5.41 Å². The number of hydrogen-bond donors (Lipinski definition) is 2. The van der Waals surface area contributed by atoms with Crippen molar-refractivity contribution in [2.24, 2.45) is 11.1 Å². The summed E-state index contributed by atoms with van der Waals surface area (Å²) in [7, 11) is 0. The second kappa shape index (κ2) is 8.72. The number of carbonyl (C=O) groups excluding carboxylic acids is 1. The number of nitrogens with zero attached hydrogens (tertiary/aromatic N) is 5. The number of ether oxygens (including phenoxy) is 1. The van der Waals surface area contributed by atoms with E-state index in [2.05, 4.69) is 32.5 Å². The molecule has 3 unspecified atom stereocenters. The molecule has 3 aliphatic rings. The molecule has 10 heteroatoms. The van der Waals surface area contributed by atoms with Gasteiger partial charge >= 0.3 is 0 Å². The summed E-state index contributed by atoms with van der Waals surface area (Å²) in [6.45, 7) is 5.99. The summed E-state index contributed by atoms with van der Waals surface area (Å²) in [5.74, 6) is 0.762. The summed E-state index contributed by atoms with van der Waals surface area (Å²) >= 11 is 6.34. The molecule has 3 N–H and O–H groups in total. The van der Waals surface area contributed by atoms with Gasteiger partial charge in [-0.2, -0.15) is 0 Å². The van der Waals surface area contributed by atoms with Gasteiger partial charge in [0.2, 0.25) is 0 Å². The minimum Gasteiger partial charge on any atom is -0.381 e. The van der Waals surface area contributed by atoms with Crippen molar-refractivity contribution in [1.29, 1.82) is 0 Å². The predicted molar refractivity (Wildman–Crippen MR) is 134 cm³/mol. The van der Waals surface area contributed by atoms with Crippen molar-refractivity contribution in [3.05, 3.63) is 46.4 Å². The van der Waals surface area contributed by atoms with Crippen molar-refractivity contribution in [3.63, 3.8) is 0 Å². The van der Waals surface area contributed by atoms with E-state index in [0.717, 1.165) is 75.4 Å². The lowest BCUT2D eigenvalue weighted by Gasteiger charge is -2.27. The van der Waals surface area contributed by atoms with Gasteiger partial charge in [0.15, 0.2) is 11.3 Å². The van der Waals surface area contributed by atoms with Gasteiger partial charge < -0.3 is 25.3 Å². The van der Waals surface area contributed by atoms with E-state index in [-0.39, 0.29) is 29.1 Å². The van der Waals surface area contributed by atoms with Crippen molar-refractivity contribution in [3.8, 4) is 0 Å². The molecule has 3 aromatic rings. The standard InChI is InChI=1S/C25H30ClN7O2/c1-2-32-11-18(26)17-10-20(30-31-23(17)32)24(34)28-16-4-5-19-15(9-16)3-6-22(29-19)33-12-21(27)25(13-33)7-8-35-14-25/h3,6,10-11,16,21H,2,4-5,7-9,12-14,27H2,1H3,(H,28,34). The highest BCUT2D eigenvalue weighted by Crippen LogP contribution is 2.39.